The summed E-state index contributed by atoms with van der Waals surface area (Å²) in [5.41, 5.74) is 2.47. The normalized spacial score (nSPS) is 23.3. The third-order valence-electron chi connectivity index (χ3n) is 3.51. The lowest BCUT2D eigenvalue weighted by molar-refractivity contribution is -0.142. The highest BCUT2D eigenvalue weighted by atomic mass is 16.6. The summed E-state index contributed by atoms with van der Waals surface area (Å²) in [6, 6.07) is 0. The number of hydrogen-bond donors (Lipinski definition) is 2. The molecule has 0 bridgehead atoms. The van der Waals surface area contributed by atoms with Gasteiger partial charge in [-0.05, 0) is 18.4 Å². The van der Waals surface area contributed by atoms with Crippen LogP contribution in [0.4, 0.5) is 5.69 Å². The third kappa shape index (κ3) is 3.52. The smallest absolute Gasteiger partial charge is 0.256 e. The quantitative estimate of drug-likeness (QED) is 0.896. The Labute approximate surface area is 128 Å². The van der Waals surface area contributed by atoms with Crippen molar-refractivity contribution in [3.05, 3.63) is 42.3 Å². The molecule has 1 atom stereocenters. The summed E-state index contributed by atoms with van der Waals surface area (Å²) in [5, 5.41) is 9.86. The molecule has 1 amide bonds. The van der Waals surface area contributed by atoms with Gasteiger partial charge in [0.05, 0.1) is 37.4 Å². The standard InChI is InChI=1S/C16H19N3O3/c20-16(14-11-21-8-9-22-14)18-13-10-17-19-15(13)12-6-4-2-1-3-5-7-12/h1-2,4,6-7,10,14H,3,5,8-9,11H2,(H,17,19)(H,18,20)/b2-1+,6-4?,12-7?. The molecule has 1 aromatic heterocycles. The van der Waals surface area contributed by atoms with E-state index in [0.29, 0.717) is 18.9 Å². The molecule has 116 valence electrons. The molecule has 6 nitrogen and oxygen atoms in total. The van der Waals surface area contributed by atoms with Crippen LogP contribution in [0, 0.1) is 0 Å². The third-order valence-corrected chi connectivity index (χ3v) is 3.51. The van der Waals surface area contributed by atoms with Crippen molar-refractivity contribution in [1.82, 2.24) is 10.2 Å². The largest absolute Gasteiger partial charge is 0.376 e. The number of ether oxygens (including phenoxy) is 2. The van der Waals surface area contributed by atoms with Gasteiger partial charge < -0.3 is 14.8 Å². The number of nitrogens with one attached hydrogen (secondary N) is 2. The van der Waals surface area contributed by atoms with Gasteiger partial charge in [0.25, 0.3) is 5.91 Å². The molecule has 0 radical (unpaired) electrons. The molecule has 1 fully saturated rings. The van der Waals surface area contributed by atoms with Crippen LogP contribution in [0.25, 0.3) is 5.57 Å². The molecule has 0 saturated carbocycles. The van der Waals surface area contributed by atoms with Crippen molar-refractivity contribution >= 4 is 17.2 Å². The monoisotopic (exact) mass is 301 g/mol. The first-order valence-electron chi connectivity index (χ1n) is 7.42. The predicted molar refractivity (Wildman–Crippen MR) is 83.3 cm³/mol. The van der Waals surface area contributed by atoms with Crippen LogP contribution in [0.5, 0.6) is 0 Å². The van der Waals surface area contributed by atoms with E-state index in [-0.39, 0.29) is 12.5 Å². The summed E-state index contributed by atoms with van der Waals surface area (Å²) in [7, 11) is 0. The number of H-pyrrole nitrogens is 1. The van der Waals surface area contributed by atoms with Crippen molar-refractivity contribution in [1.29, 1.82) is 0 Å². The number of rotatable bonds is 3. The van der Waals surface area contributed by atoms with Crippen LogP contribution in [0.15, 0.2) is 36.6 Å². The fourth-order valence-electron chi connectivity index (χ4n) is 2.38. The minimum Gasteiger partial charge on any atom is -0.376 e. The molecule has 0 spiro atoms. The van der Waals surface area contributed by atoms with Crippen molar-refractivity contribution in [3.8, 4) is 0 Å². The maximum atomic E-state index is 12.2. The number of carbonyl (C=O) groups excluding carboxylic acids is 1. The lowest BCUT2D eigenvalue weighted by Gasteiger charge is -2.22. The molecule has 0 aromatic carbocycles. The van der Waals surface area contributed by atoms with Crippen LogP contribution in [-0.4, -0.2) is 42.0 Å². The maximum Gasteiger partial charge on any atom is 0.256 e. The summed E-state index contributed by atoms with van der Waals surface area (Å²) in [6.07, 6.45) is 13.2. The molecular weight excluding hydrogens is 282 g/mol. The van der Waals surface area contributed by atoms with Gasteiger partial charge in [-0.3, -0.25) is 9.89 Å². The summed E-state index contributed by atoms with van der Waals surface area (Å²) in [6.45, 7) is 1.26. The highest BCUT2D eigenvalue weighted by Crippen LogP contribution is 2.24. The first kappa shape index (κ1) is 14.7. The average molecular weight is 301 g/mol. The molecule has 1 aromatic rings. The zero-order chi connectivity index (χ0) is 15.2. The number of aromatic nitrogens is 2. The SMILES string of the molecule is O=C(Nc1cn[nH]c1C1=CCC/C=C/C=C1)C1COCCO1. The second-order valence-electron chi connectivity index (χ2n) is 5.11. The van der Waals surface area contributed by atoms with Crippen molar-refractivity contribution in [2.24, 2.45) is 0 Å². The van der Waals surface area contributed by atoms with Crippen molar-refractivity contribution < 1.29 is 14.3 Å². The van der Waals surface area contributed by atoms with E-state index in [1.165, 1.54) is 0 Å². The van der Waals surface area contributed by atoms with E-state index >= 15 is 0 Å². The van der Waals surface area contributed by atoms with Gasteiger partial charge in [-0.1, -0.05) is 30.4 Å². The molecule has 6 heteroatoms. The second-order valence-corrected chi connectivity index (χ2v) is 5.11. The van der Waals surface area contributed by atoms with Crippen molar-refractivity contribution in [3.63, 3.8) is 0 Å². The first-order valence-corrected chi connectivity index (χ1v) is 7.42. The minimum absolute atomic E-state index is 0.210. The van der Waals surface area contributed by atoms with E-state index in [0.717, 1.165) is 24.1 Å². The Hall–Kier alpha value is -2.18. The van der Waals surface area contributed by atoms with Crippen LogP contribution in [0.1, 0.15) is 18.5 Å². The van der Waals surface area contributed by atoms with E-state index in [2.05, 4.69) is 27.7 Å². The zero-order valence-electron chi connectivity index (χ0n) is 12.2. The fraction of sp³-hybridized carbons (Fsp3) is 0.375. The van der Waals surface area contributed by atoms with Gasteiger partial charge >= 0.3 is 0 Å². The fourth-order valence-corrected chi connectivity index (χ4v) is 2.38. The van der Waals surface area contributed by atoms with Crippen LogP contribution in [0.2, 0.25) is 0 Å². The van der Waals surface area contributed by atoms with Crippen LogP contribution in [-0.2, 0) is 14.3 Å². The summed E-state index contributed by atoms with van der Waals surface area (Å²) in [4.78, 5) is 12.2. The number of amides is 1. The highest BCUT2D eigenvalue weighted by molar-refractivity contribution is 5.97. The lowest BCUT2D eigenvalue weighted by Crippen LogP contribution is -2.39. The van der Waals surface area contributed by atoms with Gasteiger partial charge in [0.2, 0.25) is 0 Å². The molecule has 1 aliphatic heterocycles. The van der Waals surface area contributed by atoms with Gasteiger partial charge in [-0.15, -0.1) is 0 Å². The molecule has 22 heavy (non-hydrogen) atoms. The molecule has 2 N–H and O–H groups in total. The molecule has 1 saturated heterocycles. The minimum atomic E-state index is -0.568. The van der Waals surface area contributed by atoms with Crippen LogP contribution >= 0.6 is 0 Å². The predicted octanol–water partition coefficient (Wildman–Crippen LogP) is 2.05. The molecule has 1 unspecified atom stereocenters. The van der Waals surface area contributed by atoms with Gasteiger partial charge in [0.1, 0.15) is 0 Å². The van der Waals surface area contributed by atoms with Gasteiger partial charge in [0, 0.05) is 0 Å². The van der Waals surface area contributed by atoms with Crippen molar-refractivity contribution in [2.75, 3.05) is 25.1 Å². The highest BCUT2D eigenvalue weighted by Gasteiger charge is 2.24. The molecule has 1 aliphatic carbocycles. The zero-order valence-corrected chi connectivity index (χ0v) is 12.2. The Balaban J connectivity index is 1.74. The van der Waals surface area contributed by atoms with Gasteiger partial charge in [-0.25, -0.2) is 0 Å². The Morgan fingerprint density at radius 3 is 3.14 bits per heavy atom. The van der Waals surface area contributed by atoms with Crippen LogP contribution in [0.3, 0.4) is 0 Å². The number of nitrogens with zero attached hydrogens (tertiary/aromatic N) is 1. The topological polar surface area (TPSA) is 76.2 Å². The average Bonchev–Trinajstić information content (AvgIpc) is 2.96. The Morgan fingerprint density at radius 2 is 2.27 bits per heavy atom. The van der Waals surface area contributed by atoms with E-state index in [9.17, 15) is 4.79 Å². The number of aromatic amines is 1. The number of allylic oxidation sites excluding steroid dienone is 6. The van der Waals surface area contributed by atoms with Crippen molar-refractivity contribution in [2.45, 2.75) is 18.9 Å². The van der Waals surface area contributed by atoms with E-state index < -0.39 is 6.10 Å². The number of carbonyl (C=O) groups is 1. The molecule has 3 rings (SSSR count). The Morgan fingerprint density at radius 1 is 1.32 bits per heavy atom. The van der Waals surface area contributed by atoms with Gasteiger partial charge in [0.15, 0.2) is 6.10 Å². The summed E-state index contributed by atoms with van der Waals surface area (Å²) < 4.78 is 10.7. The molecule has 2 aliphatic rings. The Kier molecular flexibility index (Phi) is 4.82. The summed E-state index contributed by atoms with van der Waals surface area (Å²) in [5.74, 6) is -0.210. The van der Waals surface area contributed by atoms with Crippen LogP contribution < -0.4 is 5.32 Å². The molecule has 2 heterocycles. The lowest BCUT2D eigenvalue weighted by atomic mass is 10.1. The summed E-state index contributed by atoms with van der Waals surface area (Å²) >= 11 is 0. The first-order chi connectivity index (χ1) is 10.8. The maximum absolute atomic E-state index is 12.2. The molecular formula is C16H19N3O3. The van der Waals surface area contributed by atoms with E-state index in [1.807, 2.05) is 18.2 Å². The number of anilines is 1. The van der Waals surface area contributed by atoms with Gasteiger partial charge in [-0.2, -0.15) is 5.10 Å². The van der Waals surface area contributed by atoms with E-state index in [4.69, 9.17) is 9.47 Å². The Bertz CT molecular complexity index is 610. The van der Waals surface area contributed by atoms with E-state index in [1.54, 1.807) is 6.20 Å². The second kappa shape index (κ2) is 7.20. The number of hydrogen-bond acceptors (Lipinski definition) is 4.